The van der Waals surface area contributed by atoms with E-state index in [4.69, 9.17) is 0 Å². The minimum Gasteiger partial charge on any atom is -0.351 e. The van der Waals surface area contributed by atoms with Gasteiger partial charge in [0.25, 0.3) is 11.8 Å². The fourth-order valence-corrected chi connectivity index (χ4v) is 6.17. The SMILES string of the molecule is O=C1c2cc3ccccc3n2CC(C(=O)NC2CCCCCC2)(c2ccccc2)N1Cc1ccccc1. The van der Waals surface area contributed by atoms with Gasteiger partial charge in [0.15, 0.2) is 5.54 Å². The number of nitrogens with zero attached hydrogens (tertiary/aromatic N) is 2. The molecule has 3 aromatic carbocycles. The van der Waals surface area contributed by atoms with Crippen molar-refractivity contribution in [3.63, 3.8) is 0 Å². The van der Waals surface area contributed by atoms with E-state index in [0.29, 0.717) is 18.8 Å². The van der Waals surface area contributed by atoms with Crippen molar-refractivity contribution >= 4 is 22.7 Å². The number of carbonyl (C=O) groups is 2. The van der Waals surface area contributed by atoms with E-state index in [0.717, 1.165) is 47.7 Å². The van der Waals surface area contributed by atoms with Crippen LogP contribution in [0.25, 0.3) is 10.9 Å². The van der Waals surface area contributed by atoms with Crippen LogP contribution in [0, 0.1) is 0 Å². The molecule has 37 heavy (non-hydrogen) atoms. The number of carbonyl (C=O) groups excluding carboxylic acids is 2. The Balaban J connectivity index is 1.53. The van der Waals surface area contributed by atoms with Crippen LogP contribution in [0.15, 0.2) is 91.0 Å². The molecule has 0 bridgehead atoms. The van der Waals surface area contributed by atoms with Gasteiger partial charge in [0, 0.05) is 23.5 Å². The lowest BCUT2D eigenvalue weighted by atomic mass is 9.83. The first kappa shape index (κ1) is 23.5. The van der Waals surface area contributed by atoms with Gasteiger partial charge >= 0.3 is 0 Å². The van der Waals surface area contributed by atoms with Crippen LogP contribution >= 0.6 is 0 Å². The molecule has 1 saturated carbocycles. The second-order valence-electron chi connectivity index (χ2n) is 10.4. The van der Waals surface area contributed by atoms with Crippen LogP contribution in [-0.2, 0) is 23.4 Å². The molecule has 1 N–H and O–H groups in total. The molecular formula is C32H33N3O2. The maximum absolute atomic E-state index is 14.6. The zero-order chi connectivity index (χ0) is 25.2. The Labute approximate surface area is 218 Å². The Morgan fingerprint density at radius 2 is 1.49 bits per heavy atom. The highest BCUT2D eigenvalue weighted by Crippen LogP contribution is 2.40. The van der Waals surface area contributed by atoms with E-state index in [-0.39, 0.29) is 17.9 Å². The highest BCUT2D eigenvalue weighted by atomic mass is 16.2. The van der Waals surface area contributed by atoms with E-state index in [1.807, 2.05) is 95.9 Å². The Kier molecular flexibility index (Phi) is 6.29. The van der Waals surface area contributed by atoms with E-state index in [9.17, 15) is 9.59 Å². The summed E-state index contributed by atoms with van der Waals surface area (Å²) < 4.78 is 2.05. The average Bonchev–Trinajstić information content (AvgIpc) is 3.11. The van der Waals surface area contributed by atoms with Crippen molar-refractivity contribution < 1.29 is 9.59 Å². The molecule has 5 heteroatoms. The second kappa shape index (κ2) is 9.89. The predicted molar refractivity (Wildman–Crippen MR) is 146 cm³/mol. The molecule has 0 radical (unpaired) electrons. The molecule has 2 heterocycles. The number of amides is 2. The Morgan fingerprint density at radius 3 is 2.22 bits per heavy atom. The van der Waals surface area contributed by atoms with Crippen LogP contribution in [0.5, 0.6) is 0 Å². The Bertz CT molecular complexity index is 1400. The topological polar surface area (TPSA) is 54.3 Å². The first-order valence-corrected chi connectivity index (χ1v) is 13.5. The molecule has 6 rings (SSSR count). The van der Waals surface area contributed by atoms with E-state index in [2.05, 4.69) is 9.88 Å². The van der Waals surface area contributed by atoms with Crippen molar-refractivity contribution in [2.75, 3.05) is 0 Å². The molecule has 4 aromatic rings. The van der Waals surface area contributed by atoms with Gasteiger partial charge in [-0.05, 0) is 36.1 Å². The summed E-state index contributed by atoms with van der Waals surface area (Å²) in [6.07, 6.45) is 6.66. The normalized spacial score (nSPS) is 20.4. The summed E-state index contributed by atoms with van der Waals surface area (Å²) in [6, 6.07) is 30.0. The molecule has 1 unspecified atom stereocenters. The molecule has 2 amide bonds. The zero-order valence-corrected chi connectivity index (χ0v) is 21.1. The van der Waals surface area contributed by atoms with Crippen molar-refractivity contribution in [3.05, 3.63) is 108 Å². The molecular weight excluding hydrogens is 458 g/mol. The molecule has 5 nitrogen and oxygen atoms in total. The van der Waals surface area contributed by atoms with Crippen molar-refractivity contribution in [3.8, 4) is 0 Å². The monoisotopic (exact) mass is 491 g/mol. The third kappa shape index (κ3) is 4.22. The fourth-order valence-electron chi connectivity index (χ4n) is 6.17. The summed E-state index contributed by atoms with van der Waals surface area (Å²) in [6.45, 7) is 0.727. The van der Waals surface area contributed by atoms with Crippen LogP contribution in [0.3, 0.4) is 0 Å². The van der Waals surface area contributed by atoms with Crippen LogP contribution in [0.4, 0.5) is 0 Å². The summed E-state index contributed by atoms with van der Waals surface area (Å²) in [4.78, 5) is 30.8. The maximum Gasteiger partial charge on any atom is 0.272 e. The van der Waals surface area contributed by atoms with E-state index >= 15 is 0 Å². The molecule has 1 aliphatic carbocycles. The van der Waals surface area contributed by atoms with Crippen molar-refractivity contribution in [1.29, 1.82) is 0 Å². The lowest BCUT2D eigenvalue weighted by Gasteiger charge is -2.47. The summed E-state index contributed by atoms with van der Waals surface area (Å²) in [5.74, 6) is -0.204. The highest BCUT2D eigenvalue weighted by Gasteiger charge is 2.52. The smallest absolute Gasteiger partial charge is 0.272 e. The minimum absolute atomic E-state index is 0.0849. The Morgan fingerprint density at radius 1 is 0.838 bits per heavy atom. The molecule has 1 fully saturated rings. The van der Waals surface area contributed by atoms with Crippen molar-refractivity contribution in [2.24, 2.45) is 0 Å². The van der Waals surface area contributed by atoms with E-state index in [1.54, 1.807) is 0 Å². The number of aromatic nitrogens is 1. The Hall–Kier alpha value is -3.86. The molecule has 2 aliphatic rings. The zero-order valence-electron chi connectivity index (χ0n) is 21.1. The predicted octanol–water partition coefficient (Wildman–Crippen LogP) is 6.03. The maximum atomic E-state index is 14.6. The summed E-state index contributed by atoms with van der Waals surface area (Å²) >= 11 is 0. The van der Waals surface area contributed by atoms with Gasteiger partial charge in [0.05, 0.1) is 6.54 Å². The second-order valence-corrected chi connectivity index (χ2v) is 10.4. The third-order valence-corrected chi connectivity index (χ3v) is 8.12. The molecule has 1 aliphatic heterocycles. The van der Waals surface area contributed by atoms with Crippen LogP contribution in [-0.4, -0.2) is 27.3 Å². The van der Waals surface area contributed by atoms with E-state index < -0.39 is 5.54 Å². The van der Waals surface area contributed by atoms with Crippen molar-refractivity contribution in [2.45, 2.75) is 63.2 Å². The first-order valence-electron chi connectivity index (χ1n) is 13.5. The molecule has 1 aromatic heterocycles. The fraction of sp³-hybridized carbons (Fsp3) is 0.312. The van der Waals surface area contributed by atoms with Gasteiger partial charge in [-0.3, -0.25) is 9.59 Å². The van der Waals surface area contributed by atoms with Gasteiger partial charge < -0.3 is 14.8 Å². The lowest BCUT2D eigenvalue weighted by molar-refractivity contribution is -0.136. The summed E-state index contributed by atoms with van der Waals surface area (Å²) in [7, 11) is 0. The standard InChI is InChI=1S/C32H33N3O2/c36-30-29-21-25-15-11-12-20-28(25)34(29)23-32(26-16-7-4-8-17-26,35(30)22-24-13-5-3-6-14-24)31(37)33-27-18-9-1-2-10-19-27/h3-8,11-17,20-21,27H,1-2,9-10,18-19,22-23H2,(H,33,37). The van der Waals surface area contributed by atoms with Gasteiger partial charge in [-0.15, -0.1) is 0 Å². The first-order chi connectivity index (χ1) is 18.2. The molecule has 0 spiro atoms. The number of nitrogens with one attached hydrogen (secondary N) is 1. The summed E-state index contributed by atoms with van der Waals surface area (Å²) in [5, 5.41) is 4.44. The van der Waals surface area contributed by atoms with Gasteiger partial charge in [0.1, 0.15) is 5.69 Å². The van der Waals surface area contributed by atoms with Crippen LogP contribution < -0.4 is 5.32 Å². The highest BCUT2D eigenvalue weighted by molar-refractivity contribution is 6.04. The average molecular weight is 492 g/mol. The number of hydrogen-bond acceptors (Lipinski definition) is 2. The number of rotatable bonds is 5. The molecule has 0 saturated heterocycles. The molecule has 188 valence electrons. The minimum atomic E-state index is -1.17. The van der Waals surface area contributed by atoms with Crippen LogP contribution in [0.1, 0.15) is 60.1 Å². The molecule has 1 atom stereocenters. The quantitative estimate of drug-likeness (QED) is 0.347. The van der Waals surface area contributed by atoms with Gasteiger partial charge in [-0.1, -0.05) is 105 Å². The van der Waals surface area contributed by atoms with Gasteiger partial charge in [-0.25, -0.2) is 0 Å². The number of hydrogen-bond donors (Lipinski definition) is 1. The number of para-hydroxylation sites is 1. The number of benzene rings is 3. The van der Waals surface area contributed by atoms with Crippen molar-refractivity contribution in [1.82, 2.24) is 14.8 Å². The summed E-state index contributed by atoms with van der Waals surface area (Å²) in [5.41, 5.74) is 2.28. The number of fused-ring (bicyclic) bond motifs is 3. The van der Waals surface area contributed by atoms with Gasteiger partial charge in [-0.2, -0.15) is 0 Å². The lowest BCUT2D eigenvalue weighted by Crippen LogP contribution is -2.63. The van der Waals surface area contributed by atoms with E-state index in [1.165, 1.54) is 12.8 Å². The van der Waals surface area contributed by atoms with Gasteiger partial charge in [0.2, 0.25) is 0 Å². The third-order valence-electron chi connectivity index (χ3n) is 8.12. The largest absolute Gasteiger partial charge is 0.351 e. The van der Waals surface area contributed by atoms with Crippen LogP contribution in [0.2, 0.25) is 0 Å².